The number of aromatic amines is 1. The van der Waals surface area contributed by atoms with Crippen LogP contribution in [0.4, 0.5) is 0 Å². The first-order valence-electron chi connectivity index (χ1n) is 9.30. The highest BCUT2D eigenvalue weighted by Crippen LogP contribution is 2.29. The van der Waals surface area contributed by atoms with Gasteiger partial charge in [-0.05, 0) is 41.0 Å². The number of nitrogens with zero attached hydrogens (tertiary/aromatic N) is 1. The Morgan fingerprint density at radius 3 is 2.89 bits per heavy atom. The van der Waals surface area contributed by atoms with E-state index in [2.05, 4.69) is 15.3 Å². The number of ether oxygens (including phenoxy) is 1. The fourth-order valence-electron chi connectivity index (χ4n) is 3.66. The summed E-state index contributed by atoms with van der Waals surface area (Å²) in [6, 6.07) is 5.61. The molecule has 3 heterocycles. The summed E-state index contributed by atoms with van der Waals surface area (Å²) in [5.74, 6) is 0.558. The molecular weight excluding hydrogens is 360 g/mol. The normalized spacial score (nSPS) is 17.8. The van der Waals surface area contributed by atoms with Gasteiger partial charge in [-0.15, -0.1) is 0 Å². The van der Waals surface area contributed by atoms with E-state index in [0.29, 0.717) is 36.1 Å². The van der Waals surface area contributed by atoms with Gasteiger partial charge in [0.25, 0.3) is 5.56 Å². The highest BCUT2D eigenvalue weighted by molar-refractivity contribution is 6.01. The summed E-state index contributed by atoms with van der Waals surface area (Å²) in [6.07, 6.45) is 4.51. The van der Waals surface area contributed by atoms with Crippen LogP contribution >= 0.6 is 0 Å². The standard InChI is InChI=1S/C20H22N4O4/c21-17(25)8-12-10-23-19(27)16-7-11-3-5-22-20(15(11)9-14(12)16)28-6-4-13-1-2-18(26)24-13/h3,5,7,9-10,13,17,25H,1-2,4,6,8,21H2,(H,23,27)(H,24,26)/t13-,17?/m0/s1. The van der Waals surface area contributed by atoms with E-state index >= 15 is 0 Å². The minimum atomic E-state index is -1.02. The summed E-state index contributed by atoms with van der Waals surface area (Å²) < 4.78 is 5.89. The van der Waals surface area contributed by atoms with Crippen LogP contribution in [0.25, 0.3) is 21.5 Å². The fourth-order valence-corrected chi connectivity index (χ4v) is 3.66. The molecule has 1 saturated heterocycles. The fraction of sp³-hybridized carbons (Fsp3) is 0.350. The van der Waals surface area contributed by atoms with Crippen molar-refractivity contribution in [3.63, 3.8) is 0 Å². The lowest BCUT2D eigenvalue weighted by Gasteiger charge is -2.13. The van der Waals surface area contributed by atoms with Gasteiger partial charge in [-0.2, -0.15) is 0 Å². The summed E-state index contributed by atoms with van der Waals surface area (Å²) >= 11 is 0. The van der Waals surface area contributed by atoms with Crippen LogP contribution in [0.2, 0.25) is 0 Å². The molecule has 2 atom stereocenters. The Labute approximate surface area is 160 Å². The molecule has 5 N–H and O–H groups in total. The van der Waals surface area contributed by atoms with E-state index in [4.69, 9.17) is 10.5 Å². The number of hydrogen-bond acceptors (Lipinski definition) is 6. The van der Waals surface area contributed by atoms with Crippen molar-refractivity contribution < 1.29 is 14.6 Å². The van der Waals surface area contributed by atoms with Gasteiger partial charge < -0.3 is 25.9 Å². The number of fused-ring (bicyclic) bond motifs is 2. The van der Waals surface area contributed by atoms with Gasteiger partial charge in [0.15, 0.2) is 0 Å². The zero-order valence-corrected chi connectivity index (χ0v) is 15.3. The first-order chi connectivity index (χ1) is 13.5. The lowest BCUT2D eigenvalue weighted by molar-refractivity contribution is -0.119. The van der Waals surface area contributed by atoms with Crippen molar-refractivity contribution in [1.29, 1.82) is 0 Å². The van der Waals surface area contributed by atoms with E-state index in [1.807, 2.05) is 12.1 Å². The smallest absolute Gasteiger partial charge is 0.255 e. The van der Waals surface area contributed by atoms with Crippen LogP contribution in [0.15, 0.2) is 35.4 Å². The minimum Gasteiger partial charge on any atom is -0.477 e. The lowest BCUT2D eigenvalue weighted by Crippen LogP contribution is -2.26. The third-order valence-electron chi connectivity index (χ3n) is 5.05. The van der Waals surface area contributed by atoms with Gasteiger partial charge in [-0.3, -0.25) is 9.59 Å². The Kier molecular flexibility index (Phi) is 4.97. The van der Waals surface area contributed by atoms with Crippen LogP contribution in [0.5, 0.6) is 5.88 Å². The third kappa shape index (κ3) is 3.69. The molecule has 1 fully saturated rings. The maximum absolute atomic E-state index is 12.3. The van der Waals surface area contributed by atoms with Crippen LogP contribution in [0.1, 0.15) is 24.8 Å². The van der Waals surface area contributed by atoms with E-state index in [9.17, 15) is 14.7 Å². The predicted molar refractivity (Wildman–Crippen MR) is 105 cm³/mol. The highest BCUT2D eigenvalue weighted by atomic mass is 16.5. The van der Waals surface area contributed by atoms with E-state index in [0.717, 1.165) is 22.8 Å². The molecule has 0 radical (unpaired) electrons. The molecule has 146 valence electrons. The van der Waals surface area contributed by atoms with E-state index in [1.165, 1.54) is 0 Å². The van der Waals surface area contributed by atoms with Crippen molar-refractivity contribution in [1.82, 2.24) is 15.3 Å². The average Bonchev–Trinajstić information content (AvgIpc) is 3.08. The van der Waals surface area contributed by atoms with Gasteiger partial charge in [0.2, 0.25) is 11.8 Å². The quantitative estimate of drug-likeness (QED) is 0.371. The topological polar surface area (TPSA) is 130 Å². The molecule has 2 aromatic heterocycles. The number of aliphatic hydroxyl groups is 1. The van der Waals surface area contributed by atoms with Gasteiger partial charge >= 0.3 is 0 Å². The molecule has 1 amide bonds. The Bertz CT molecular complexity index is 1090. The zero-order valence-electron chi connectivity index (χ0n) is 15.3. The second kappa shape index (κ2) is 7.57. The number of nitrogens with one attached hydrogen (secondary N) is 2. The Morgan fingerprint density at radius 1 is 1.29 bits per heavy atom. The summed E-state index contributed by atoms with van der Waals surface area (Å²) in [4.78, 5) is 30.6. The van der Waals surface area contributed by atoms with Crippen molar-refractivity contribution in [2.75, 3.05) is 6.61 Å². The van der Waals surface area contributed by atoms with Crippen molar-refractivity contribution in [2.24, 2.45) is 5.73 Å². The number of nitrogens with two attached hydrogens (primary N) is 1. The van der Waals surface area contributed by atoms with Gasteiger partial charge in [0.1, 0.15) is 6.23 Å². The van der Waals surface area contributed by atoms with E-state index in [-0.39, 0.29) is 23.9 Å². The maximum atomic E-state index is 12.3. The molecule has 3 aromatic rings. The molecule has 0 saturated carbocycles. The molecule has 0 spiro atoms. The third-order valence-corrected chi connectivity index (χ3v) is 5.05. The van der Waals surface area contributed by atoms with Crippen molar-refractivity contribution in [3.05, 3.63) is 46.5 Å². The van der Waals surface area contributed by atoms with Crippen molar-refractivity contribution >= 4 is 27.5 Å². The number of benzene rings is 1. The number of carbonyl (C=O) groups excluding carboxylic acids is 1. The van der Waals surface area contributed by atoms with Crippen LogP contribution in [0.3, 0.4) is 0 Å². The maximum Gasteiger partial charge on any atom is 0.255 e. The molecule has 1 unspecified atom stereocenters. The predicted octanol–water partition coefficient (Wildman–Crippen LogP) is 0.943. The van der Waals surface area contributed by atoms with Gasteiger partial charge in [-0.1, -0.05) is 0 Å². The zero-order chi connectivity index (χ0) is 19.7. The molecule has 1 aliphatic rings. The number of pyridine rings is 2. The Balaban J connectivity index is 1.67. The molecule has 28 heavy (non-hydrogen) atoms. The molecule has 8 nitrogen and oxygen atoms in total. The van der Waals surface area contributed by atoms with Gasteiger partial charge in [0.05, 0.1) is 6.61 Å². The highest BCUT2D eigenvalue weighted by Gasteiger charge is 2.20. The second-order valence-electron chi connectivity index (χ2n) is 7.09. The number of H-pyrrole nitrogens is 1. The average molecular weight is 382 g/mol. The molecule has 1 aliphatic heterocycles. The SMILES string of the molecule is NC(O)Cc1c[nH]c(=O)c2cc3ccnc(OCC[C@@H]4CCC(=O)N4)c3cc12. The summed E-state index contributed by atoms with van der Waals surface area (Å²) in [5, 5.41) is 15.3. The van der Waals surface area contributed by atoms with E-state index in [1.54, 1.807) is 18.5 Å². The van der Waals surface area contributed by atoms with Crippen molar-refractivity contribution in [3.8, 4) is 5.88 Å². The minimum absolute atomic E-state index is 0.0830. The molecule has 0 aliphatic carbocycles. The van der Waals surface area contributed by atoms with Crippen LogP contribution in [0, 0.1) is 0 Å². The first kappa shape index (κ1) is 18.4. The second-order valence-corrected chi connectivity index (χ2v) is 7.09. The number of amides is 1. The summed E-state index contributed by atoms with van der Waals surface area (Å²) in [7, 11) is 0. The lowest BCUT2D eigenvalue weighted by atomic mass is 10.0. The Morgan fingerprint density at radius 2 is 2.14 bits per heavy atom. The molecular formula is C20H22N4O4. The van der Waals surface area contributed by atoms with Gasteiger partial charge in [-0.25, -0.2) is 4.98 Å². The summed E-state index contributed by atoms with van der Waals surface area (Å²) in [6.45, 7) is 0.429. The number of aliphatic hydroxyl groups excluding tert-OH is 1. The molecule has 8 heteroatoms. The van der Waals surface area contributed by atoms with Crippen molar-refractivity contribution in [2.45, 2.75) is 38.0 Å². The van der Waals surface area contributed by atoms with E-state index < -0.39 is 6.23 Å². The first-order valence-corrected chi connectivity index (χ1v) is 9.30. The number of carbonyl (C=O) groups is 1. The van der Waals surface area contributed by atoms with Crippen LogP contribution in [-0.4, -0.2) is 39.9 Å². The molecule has 0 bridgehead atoms. The molecule has 4 rings (SSSR count). The number of aromatic nitrogens is 2. The Hall–Kier alpha value is -2.97. The number of hydrogen-bond donors (Lipinski definition) is 4. The monoisotopic (exact) mass is 382 g/mol. The number of rotatable bonds is 6. The van der Waals surface area contributed by atoms with Gasteiger partial charge in [0, 0.05) is 48.5 Å². The largest absolute Gasteiger partial charge is 0.477 e. The summed E-state index contributed by atoms with van der Waals surface area (Å²) in [5.41, 5.74) is 6.07. The van der Waals surface area contributed by atoms with Crippen LogP contribution < -0.4 is 21.3 Å². The van der Waals surface area contributed by atoms with Crippen LogP contribution in [-0.2, 0) is 11.2 Å². The molecule has 1 aromatic carbocycles.